The first kappa shape index (κ1) is 37.6. The number of nitrogens with zero attached hydrogens (tertiary/aromatic N) is 3. The molecule has 1 saturated heterocycles. The number of pyridine rings is 1. The summed E-state index contributed by atoms with van der Waals surface area (Å²) in [6.45, 7) is 6.95. The minimum atomic E-state index is -4.76. The van der Waals surface area contributed by atoms with Crippen LogP contribution in [0.4, 0.5) is 13.2 Å². The van der Waals surface area contributed by atoms with E-state index in [-0.39, 0.29) is 37.6 Å². The Morgan fingerprint density at radius 3 is 2.64 bits per heavy atom. The summed E-state index contributed by atoms with van der Waals surface area (Å²) in [6, 6.07) is 9.03. The van der Waals surface area contributed by atoms with Crippen LogP contribution in [0.3, 0.4) is 0 Å². The fraction of sp³-hybridized carbons (Fsp3) is 0.395. The average Bonchev–Trinajstić information content (AvgIpc) is 3.50. The van der Waals surface area contributed by atoms with Crippen molar-refractivity contribution in [3.05, 3.63) is 98.0 Å². The molecule has 292 valence electrons. The van der Waals surface area contributed by atoms with E-state index >= 15 is 13.2 Å². The molecule has 4 aliphatic rings. The Hall–Kier alpha value is -4.31. The normalized spacial score (nSPS) is 20.4. The average molecular weight is 801 g/mol. The van der Waals surface area contributed by atoms with Crippen molar-refractivity contribution < 1.29 is 46.2 Å². The fourth-order valence-electron chi connectivity index (χ4n) is 8.15. The summed E-state index contributed by atoms with van der Waals surface area (Å²) in [5.74, 6) is -6.43. The number of hydrogen-bond donors (Lipinski definition) is 2. The number of alkyl halides is 2. The van der Waals surface area contributed by atoms with Crippen molar-refractivity contribution in [1.82, 2.24) is 14.7 Å². The Bertz CT molecular complexity index is 2300. The molecule has 4 aromatic rings. The number of methoxy groups -OCH3 is 1. The van der Waals surface area contributed by atoms with Gasteiger partial charge in [0.05, 0.1) is 0 Å². The van der Waals surface area contributed by atoms with Crippen LogP contribution in [0.25, 0.3) is 21.6 Å². The van der Waals surface area contributed by atoms with Gasteiger partial charge in [-0.2, -0.15) is 0 Å². The Balaban J connectivity index is 1.37. The molecule has 3 atom stereocenters. The van der Waals surface area contributed by atoms with Crippen LogP contribution in [0.15, 0.2) is 58.8 Å². The molecular weight excluding hydrogens is 760 g/mol. The third-order valence-corrected chi connectivity index (χ3v) is 13.4. The molecule has 4 heterocycles. The number of fused-ring (bicyclic) bond motifs is 4. The van der Waals surface area contributed by atoms with E-state index in [2.05, 4.69) is 5.09 Å². The van der Waals surface area contributed by atoms with Gasteiger partial charge in [-0.1, -0.05) is 0 Å². The van der Waals surface area contributed by atoms with Gasteiger partial charge < -0.3 is 0 Å². The van der Waals surface area contributed by atoms with Gasteiger partial charge in [0.1, 0.15) is 0 Å². The van der Waals surface area contributed by atoms with Crippen molar-refractivity contribution in [2.45, 2.75) is 58.3 Å². The third kappa shape index (κ3) is 5.96. The molecule has 1 amide bonds. The number of rotatable bonds is 8. The summed E-state index contributed by atoms with van der Waals surface area (Å²) < 4.78 is 72.1. The molecule has 2 unspecified atom stereocenters. The van der Waals surface area contributed by atoms with Crippen molar-refractivity contribution in [2.24, 2.45) is 5.41 Å². The van der Waals surface area contributed by atoms with Crippen molar-refractivity contribution in [1.29, 1.82) is 0 Å². The summed E-state index contributed by atoms with van der Waals surface area (Å²) in [5, 5.41) is 6.25. The minimum absolute atomic E-state index is 0.00430. The fourth-order valence-corrected chi connectivity index (χ4v) is 11.3. The number of esters is 1. The number of nitrogens with one attached hydrogen (secondary N) is 1. The number of carbonyl (C=O) groups is 2. The van der Waals surface area contributed by atoms with Gasteiger partial charge in [-0.3, -0.25) is 0 Å². The standard InChI is InChI=1S/C38H40F3N4O8PS/c1-6-52-54(49,42-34(36(48)50-5)37(2,3)4)53-32-25(46)13-14-44-31(32)35(47)43-15-16-51-18-26(43)45(44)30-21-9-7-8-10-22(21)33-27-20(19-55-33)17-38(40,41)29-24(39)12-11-23(30)28(27)29/h7-14,19,26,30,34,42,49,54H,6,15-18H2,1-5H3/t26?,30?,34-/m0/s1. The molecule has 2 aliphatic carbocycles. The Morgan fingerprint density at radius 2 is 1.91 bits per heavy atom. The monoisotopic (exact) mass is 800 g/mol. The van der Waals surface area contributed by atoms with Crippen LogP contribution >= 0.6 is 19.4 Å². The van der Waals surface area contributed by atoms with Crippen LogP contribution in [-0.2, 0) is 31.1 Å². The molecule has 55 heavy (non-hydrogen) atoms. The van der Waals surface area contributed by atoms with Crippen molar-refractivity contribution in [2.75, 3.05) is 38.5 Å². The van der Waals surface area contributed by atoms with Crippen molar-refractivity contribution in [3.8, 4) is 27.3 Å². The van der Waals surface area contributed by atoms with E-state index in [1.807, 2.05) is 24.3 Å². The first-order valence-electron chi connectivity index (χ1n) is 17.8. The van der Waals surface area contributed by atoms with E-state index in [1.165, 1.54) is 40.3 Å². The molecular formula is C38H40F3N4O8PS. The van der Waals surface area contributed by atoms with Crippen LogP contribution in [0.5, 0.6) is 5.75 Å². The van der Waals surface area contributed by atoms with Gasteiger partial charge in [-0.05, 0) is 0 Å². The zero-order valence-electron chi connectivity index (χ0n) is 30.7. The molecule has 2 aromatic carbocycles. The summed E-state index contributed by atoms with van der Waals surface area (Å²) in [5.41, 5.74) is 0.254. The predicted octanol–water partition coefficient (Wildman–Crippen LogP) is 5.88. The molecule has 2 N–H and O–H groups in total. The number of aromatic nitrogens is 1. The van der Waals surface area contributed by atoms with Gasteiger partial charge in [-0.25, -0.2) is 0 Å². The number of halogens is 3. The molecule has 2 aliphatic heterocycles. The first-order chi connectivity index (χ1) is 26.1. The van der Waals surface area contributed by atoms with Gasteiger partial charge in [-0.15, -0.1) is 0 Å². The van der Waals surface area contributed by atoms with Crippen LogP contribution in [0.2, 0.25) is 0 Å². The Kier molecular flexibility index (Phi) is 9.18. The Labute approximate surface area is 319 Å². The number of morpholine rings is 1. The SMILES string of the molecule is CCO[PH](O)(N[C@@H](C(=O)OC)C(C)(C)C)Oc1c2n(ccc1=O)N(C1c3ccccc3-c3scc4c3-c3c1ccc(F)c3C(F)(F)C4)C1COCCN1C2=O. The van der Waals surface area contributed by atoms with Gasteiger partial charge in [0.25, 0.3) is 0 Å². The van der Waals surface area contributed by atoms with Crippen LogP contribution in [0.1, 0.15) is 66.5 Å². The third-order valence-electron chi connectivity index (χ3n) is 10.5. The molecule has 0 saturated carbocycles. The summed E-state index contributed by atoms with van der Waals surface area (Å²) >= 11 is 1.31. The summed E-state index contributed by atoms with van der Waals surface area (Å²) in [4.78, 5) is 55.6. The number of amides is 1. The second-order valence-electron chi connectivity index (χ2n) is 14.9. The van der Waals surface area contributed by atoms with Gasteiger partial charge in [0.2, 0.25) is 0 Å². The maximum atomic E-state index is 16.0. The summed E-state index contributed by atoms with van der Waals surface area (Å²) in [7, 11) is -3.56. The van der Waals surface area contributed by atoms with E-state index in [9.17, 15) is 19.3 Å². The van der Waals surface area contributed by atoms with Gasteiger partial charge in [0, 0.05) is 0 Å². The van der Waals surface area contributed by atoms with Gasteiger partial charge in [0.15, 0.2) is 0 Å². The number of hydrogen-bond acceptors (Lipinski definition) is 11. The molecule has 0 spiro atoms. The number of ether oxygens (including phenoxy) is 2. The van der Waals surface area contributed by atoms with Crippen molar-refractivity contribution >= 4 is 31.3 Å². The van der Waals surface area contributed by atoms with E-state index in [0.717, 1.165) is 17.7 Å². The zero-order valence-corrected chi connectivity index (χ0v) is 32.5. The predicted molar refractivity (Wildman–Crippen MR) is 200 cm³/mol. The molecule has 8 rings (SSSR count). The maximum absolute atomic E-state index is 16.0. The molecule has 0 radical (unpaired) electrons. The quantitative estimate of drug-likeness (QED) is 0.165. The van der Waals surface area contributed by atoms with Crippen LogP contribution in [-0.4, -0.2) is 72.0 Å². The van der Waals surface area contributed by atoms with E-state index in [1.54, 1.807) is 38.1 Å². The van der Waals surface area contributed by atoms with E-state index < -0.39 is 78.5 Å². The number of benzene rings is 2. The van der Waals surface area contributed by atoms with Crippen molar-refractivity contribution in [3.63, 3.8) is 0 Å². The summed E-state index contributed by atoms with van der Waals surface area (Å²) in [6.07, 6.45) is -0.110. The van der Waals surface area contributed by atoms with E-state index in [4.69, 9.17) is 18.5 Å². The van der Waals surface area contributed by atoms with Crippen LogP contribution < -0.4 is 20.0 Å². The first-order valence-corrected chi connectivity index (χ1v) is 20.5. The second-order valence-corrected chi connectivity index (χ2v) is 17.8. The molecule has 2 aromatic heterocycles. The molecule has 17 heteroatoms. The zero-order chi connectivity index (χ0) is 39.2. The van der Waals surface area contributed by atoms with E-state index in [0.29, 0.717) is 27.1 Å². The molecule has 12 nitrogen and oxygen atoms in total. The Morgan fingerprint density at radius 1 is 1.15 bits per heavy atom. The number of thiophene rings is 1. The topological polar surface area (TPSA) is 132 Å². The molecule has 0 bridgehead atoms. The number of carbonyl (C=O) groups excluding carboxylic acids is 2. The molecule has 1 fully saturated rings. The van der Waals surface area contributed by atoms with Gasteiger partial charge >= 0.3 is 320 Å². The van der Waals surface area contributed by atoms with Crippen LogP contribution in [0, 0.1) is 11.2 Å². The second kappa shape index (κ2) is 13.4.